The minimum atomic E-state index is 0.249. The Kier molecular flexibility index (Phi) is 4.82. The molecule has 1 saturated heterocycles. The SMILES string of the molecule is O=C(CCc1ccc2ccccc2c1)N1CCN(c2ccccn2)CC1. The first-order chi connectivity index (χ1) is 12.8. The summed E-state index contributed by atoms with van der Waals surface area (Å²) in [6.07, 6.45) is 3.18. The quantitative estimate of drug-likeness (QED) is 0.726. The number of aromatic nitrogens is 1. The standard InChI is InChI=1S/C22H23N3O/c26-22(11-9-18-8-10-19-5-1-2-6-20(19)17-18)25-15-13-24(14-16-25)21-7-3-4-12-23-21/h1-8,10,12,17H,9,11,13-16H2. The molecule has 3 aromatic rings. The fraction of sp³-hybridized carbons (Fsp3) is 0.273. The van der Waals surface area contributed by atoms with Crippen molar-refractivity contribution < 1.29 is 4.79 Å². The summed E-state index contributed by atoms with van der Waals surface area (Å²) in [7, 11) is 0. The molecule has 0 unspecified atom stereocenters. The second-order valence-electron chi connectivity index (χ2n) is 6.74. The van der Waals surface area contributed by atoms with E-state index in [1.54, 1.807) is 0 Å². The lowest BCUT2D eigenvalue weighted by Gasteiger charge is -2.35. The number of amides is 1. The largest absolute Gasteiger partial charge is 0.353 e. The van der Waals surface area contributed by atoms with Gasteiger partial charge in [-0.1, -0.05) is 48.5 Å². The average molecular weight is 345 g/mol. The van der Waals surface area contributed by atoms with Gasteiger partial charge in [-0.15, -0.1) is 0 Å². The minimum absolute atomic E-state index is 0.249. The summed E-state index contributed by atoms with van der Waals surface area (Å²) in [5.74, 6) is 1.24. The molecule has 0 saturated carbocycles. The van der Waals surface area contributed by atoms with Crippen molar-refractivity contribution in [3.05, 3.63) is 72.4 Å². The number of aryl methyl sites for hydroxylation is 1. The Balaban J connectivity index is 1.31. The smallest absolute Gasteiger partial charge is 0.223 e. The van der Waals surface area contributed by atoms with Crippen LogP contribution in [-0.2, 0) is 11.2 Å². The van der Waals surface area contributed by atoms with Crippen LogP contribution in [0.4, 0.5) is 5.82 Å². The fourth-order valence-corrected chi connectivity index (χ4v) is 3.53. The van der Waals surface area contributed by atoms with Gasteiger partial charge in [-0.05, 0) is 34.9 Å². The second kappa shape index (κ2) is 7.56. The van der Waals surface area contributed by atoms with E-state index in [0.717, 1.165) is 38.4 Å². The van der Waals surface area contributed by atoms with Crippen LogP contribution in [-0.4, -0.2) is 42.0 Å². The topological polar surface area (TPSA) is 36.4 Å². The third kappa shape index (κ3) is 3.69. The predicted octanol–water partition coefficient (Wildman–Crippen LogP) is 3.52. The summed E-state index contributed by atoms with van der Waals surface area (Å²) in [6, 6.07) is 20.8. The molecule has 4 heteroatoms. The molecule has 0 aliphatic carbocycles. The Morgan fingerprint density at radius 1 is 0.885 bits per heavy atom. The number of rotatable bonds is 4. The number of hydrogen-bond donors (Lipinski definition) is 0. The zero-order valence-corrected chi connectivity index (χ0v) is 14.8. The van der Waals surface area contributed by atoms with Crippen molar-refractivity contribution in [2.24, 2.45) is 0 Å². The monoisotopic (exact) mass is 345 g/mol. The molecule has 2 aromatic carbocycles. The van der Waals surface area contributed by atoms with Crippen molar-refractivity contribution in [2.45, 2.75) is 12.8 Å². The Morgan fingerprint density at radius 2 is 1.65 bits per heavy atom. The molecule has 0 radical (unpaired) electrons. The van der Waals surface area contributed by atoms with Crippen molar-refractivity contribution in [2.75, 3.05) is 31.1 Å². The molecule has 2 heterocycles. The van der Waals surface area contributed by atoms with Gasteiger partial charge in [0.25, 0.3) is 0 Å². The number of anilines is 1. The number of nitrogens with zero attached hydrogens (tertiary/aromatic N) is 3. The van der Waals surface area contributed by atoms with Crippen LogP contribution in [0.3, 0.4) is 0 Å². The Bertz CT molecular complexity index is 886. The van der Waals surface area contributed by atoms with E-state index in [0.29, 0.717) is 6.42 Å². The summed E-state index contributed by atoms with van der Waals surface area (Å²) < 4.78 is 0. The Hall–Kier alpha value is -2.88. The normalized spacial score (nSPS) is 14.6. The highest BCUT2D eigenvalue weighted by Crippen LogP contribution is 2.18. The second-order valence-corrected chi connectivity index (χ2v) is 6.74. The van der Waals surface area contributed by atoms with Crippen molar-refractivity contribution in [3.8, 4) is 0 Å². The first-order valence-electron chi connectivity index (χ1n) is 9.21. The lowest BCUT2D eigenvalue weighted by molar-refractivity contribution is -0.131. The average Bonchev–Trinajstić information content (AvgIpc) is 2.72. The van der Waals surface area contributed by atoms with Crippen LogP contribution in [0.2, 0.25) is 0 Å². The molecule has 4 nitrogen and oxygen atoms in total. The zero-order valence-electron chi connectivity index (χ0n) is 14.8. The van der Waals surface area contributed by atoms with E-state index < -0.39 is 0 Å². The van der Waals surface area contributed by atoms with E-state index in [1.165, 1.54) is 16.3 Å². The molecule has 1 amide bonds. The summed E-state index contributed by atoms with van der Waals surface area (Å²) in [5, 5.41) is 2.48. The number of fused-ring (bicyclic) bond motifs is 1. The zero-order chi connectivity index (χ0) is 17.8. The number of carbonyl (C=O) groups is 1. The molecule has 0 atom stereocenters. The molecular weight excluding hydrogens is 322 g/mol. The third-order valence-corrected chi connectivity index (χ3v) is 5.05. The van der Waals surface area contributed by atoms with Gasteiger partial charge in [-0.25, -0.2) is 4.98 Å². The molecule has 1 aliphatic rings. The van der Waals surface area contributed by atoms with E-state index >= 15 is 0 Å². The molecule has 0 spiro atoms. The van der Waals surface area contributed by atoms with Crippen LogP contribution in [0.25, 0.3) is 10.8 Å². The predicted molar refractivity (Wildman–Crippen MR) is 105 cm³/mol. The minimum Gasteiger partial charge on any atom is -0.353 e. The number of piperazine rings is 1. The van der Waals surface area contributed by atoms with E-state index in [4.69, 9.17) is 0 Å². The Morgan fingerprint density at radius 3 is 2.42 bits per heavy atom. The van der Waals surface area contributed by atoms with Crippen molar-refractivity contribution in [3.63, 3.8) is 0 Å². The molecule has 1 aliphatic heterocycles. The number of hydrogen-bond acceptors (Lipinski definition) is 3. The van der Waals surface area contributed by atoms with Gasteiger partial charge in [0.05, 0.1) is 0 Å². The molecule has 1 aromatic heterocycles. The van der Waals surface area contributed by atoms with E-state index in [9.17, 15) is 4.79 Å². The van der Waals surface area contributed by atoms with Gasteiger partial charge in [0.15, 0.2) is 0 Å². The van der Waals surface area contributed by atoms with E-state index in [1.807, 2.05) is 29.3 Å². The van der Waals surface area contributed by atoms with Crippen LogP contribution < -0.4 is 4.90 Å². The molecule has 132 valence electrons. The van der Waals surface area contributed by atoms with Crippen LogP contribution in [0, 0.1) is 0 Å². The number of carbonyl (C=O) groups excluding carboxylic acids is 1. The molecule has 1 fully saturated rings. The highest BCUT2D eigenvalue weighted by atomic mass is 16.2. The summed E-state index contributed by atoms with van der Waals surface area (Å²) in [4.78, 5) is 21.2. The molecule has 0 bridgehead atoms. The fourth-order valence-electron chi connectivity index (χ4n) is 3.53. The van der Waals surface area contributed by atoms with Gasteiger partial charge in [-0.2, -0.15) is 0 Å². The highest BCUT2D eigenvalue weighted by Gasteiger charge is 2.21. The van der Waals surface area contributed by atoms with Gasteiger partial charge in [-0.3, -0.25) is 4.79 Å². The Labute approximate surface area is 154 Å². The summed E-state index contributed by atoms with van der Waals surface area (Å²) in [6.45, 7) is 3.23. The van der Waals surface area contributed by atoms with Crippen LogP contribution in [0.1, 0.15) is 12.0 Å². The summed E-state index contributed by atoms with van der Waals surface area (Å²) in [5.41, 5.74) is 1.23. The van der Waals surface area contributed by atoms with E-state index in [-0.39, 0.29) is 5.91 Å². The van der Waals surface area contributed by atoms with Gasteiger partial charge in [0, 0.05) is 38.8 Å². The van der Waals surface area contributed by atoms with Gasteiger partial charge < -0.3 is 9.80 Å². The van der Waals surface area contributed by atoms with Crippen molar-refractivity contribution in [1.82, 2.24) is 9.88 Å². The number of pyridine rings is 1. The maximum atomic E-state index is 12.6. The van der Waals surface area contributed by atoms with Crippen LogP contribution in [0.15, 0.2) is 66.9 Å². The van der Waals surface area contributed by atoms with Crippen LogP contribution >= 0.6 is 0 Å². The maximum Gasteiger partial charge on any atom is 0.223 e. The first kappa shape index (κ1) is 16.6. The third-order valence-electron chi connectivity index (χ3n) is 5.05. The highest BCUT2D eigenvalue weighted by molar-refractivity contribution is 5.83. The number of benzene rings is 2. The first-order valence-corrected chi connectivity index (χ1v) is 9.21. The van der Waals surface area contributed by atoms with Crippen molar-refractivity contribution >= 4 is 22.5 Å². The molecular formula is C22H23N3O. The lowest BCUT2D eigenvalue weighted by Crippen LogP contribution is -2.49. The summed E-state index contributed by atoms with van der Waals surface area (Å²) >= 11 is 0. The van der Waals surface area contributed by atoms with Crippen molar-refractivity contribution in [1.29, 1.82) is 0 Å². The molecule has 26 heavy (non-hydrogen) atoms. The van der Waals surface area contributed by atoms with Gasteiger partial charge >= 0.3 is 0 Å². The van der Waals surface area contributed by atoms with E-state index in [2.05, 4.69) is 52.3 Å². The molecule has 0 N–H and O–H groups in total. The van der Waals surface area contributed by atoms with Gasteiger partial charge in [0.2, 0.25) is 5.91 Å². The lowest BCUT2D eigenvalue weighted by atomic mass is 10.0. The van der Waals surface area contributed by atoms with Gasteiger partial charge in [0.1, 0.15) is 5.82 Å². The molecule has 4 rings (SSSR count). The maximum absolute atomic E-state index is 12.6. The van der Waals surface area contributed by atoms with Crippen LogP contribution in [0.5, 0.6) is 0 Å².